The molecule has 0 aliphatic heterocycles. The molecule has 0 saturated heterocycles. The van der Waals surface area contributed by atoms with Crippen molar-refractivity contribution in [1.29, 1.82) is 0 Å². The van der Waals surface area contributed by atoms with Gasteiger partial charge >= 0.3 is 0 Å². The molecule has 1 aromatic rings. The van der Waals surface area contributed by atoms with Crippen LogP contribution in [0.1, 0.15) is 6.92 Å². The summed E-state index contributed by atoms with van der Waals surface area (Å²) in [5.74, 6) is 0.828. The molecule has 0 aliphatic rings. The van der Waals surface area contributed by atoms with Gasteiger partial charge in [0.25, 0.3) is 0 Å². The number of anilines is 1. The van der Waals surface area contributed by atoms with E-state index < -0.39 is 0 Å². The van der Waals surface area contributed by atoms with E-state index in [2.05, 4.69) is 10.2 Å². The maximum absolute atomic E-state index is 5.26. The highest BCUT2D eigenvalue weighted by atomic mass is 32.1. The van der Waals surface area contributed by atoms with E-state index in [-0.39, 0.29) is 0 Å². The lowest BCUT2D eigenvalue weighted by atomic mass is 10.6. The molecule has 0 aromatic carbocycles. The largest absolute Gasteiger partial charge is 0.380 e. The normalized spacial score (nSPS) is 10.5. The van der Waals surface area contributed by atoms with Crippen LogP contribution in [0.15, 0.2) is 0 Å². The molecular weight excluding hydrogens is 200 g/mol. The van der Waals surface area contributed by atoms with Gasteiger partial charge in [0.1, 0.15) is 0 Å². The van der Waals surface area contributed by atoms with Crippen molar-refractivity contribution in [1.82, 2.24) is 14.8 Å². The molecule has 0 amide bonds. The average Bonchev–Trinajstić information content (AvgIpc) is 2.48. The van der Waals surface area contributed by atoms with Crippen LogP contribution < -0.4 is 4.90 Å². The second-order valence-electron chi connectivity index (χ2n) is 3.01. The van der Waals surface area contributed by atoms with E-state index in [1.807, 2.05) is 30.5 Å². The molecule has 0 fully saturated rings. The third-order valence-electron chi connectivity index (χ3n) is 1.97. The Bertz CT molecular complexity index is 332. The summed E-state index contributed by atoms with van der Waals surface area (Å²) in [6.45, 7) is 4.23. The molecule has 1 aromatic heterocycles. The molecule has 1 N–H and O–H groups in total. The number of H-pyrrole nitrogens is 1. The number of hydrogen-bond donors (Lipinski definition) is 1. The van der Waals surface area contributed by atoms with Gasteiger partial charge < -0.3 is 9.64 Å². The van der Waals surface area contributed by atoms with Gasteiger partial charge in [-0.3, -0.25) is 4.57 Å². The van der Waals surface area contributed by atoms with Gasteiger partial charge in [-0.15, -0.1) is 5.10 Å². The predicted molar refractivity (Wildman–Crippen MR) is 58.2 cm³/mol. The lowest BCUT2D eigenvalue weighted by molar-refractivity contribution is 0.154. The molecule has 14 heavy (non-hydrogen) atoms. The van der Waals surface area contributed by atoms with Gasteiger partial charge in [0, 0.05) is 27.2 Å². The first-order valence-electron chi connectivity index (χ1n) is 4.57. The van der Waals surface area contributed by atoms with E-state index in [4.69, 9.17) is 17.0 Å². The second kappa shape index (κ2) is 5.11. The average molecular weight is 216 g/mol. The summed E-state index contributed by atoms with van der Waals surface area (Å²) in [6.07, 6.45) is 0. The number of nitrogens with one attached hydrogen (secondary N) is 1. The molecule has 0 atom stereocenters. The molecule has 0 radical (unpaired) electrons. The number of rotatable bonds is 5. The van der Waals surface area contributed by atoms with Crippen LogP contribution in [-0.4, -0.2) is 41.6 Å². The zero-order valence-electron chi connectivity index (χ0n) is 8.78. The van der Waals surface area contributed by atoms with E-state index in [0.717, 1.165) is 19.1 Å². The Balaban J connectivity index is 2.56. The summed E-state index contributed by atoms with van der Waals surface area (Å²) in [5.41, 5.74) is 0. The number of aromatic amines is 1. The van der Waals surface area contributed by atoms with Crippen molar-refractivity contribution in [2.75, 3.05) is 31.7 Å². The van der Waals surface area contributed by atoms with Crippen LogP contribution in [-0.2, 0) is 11.8 Å². The topological polar surface area (TPSA) is 46.1 Å². The van der Waals surface area contributed by atoms with Crippen LogP contribution in [0.4, 0.5) is 5.95 Å². The van der Waals surface area contributed by atoms with Crippen LogP contribution in [0, 0.1) is 4.77 Å². The summed E-state index contributed by atoms with van der Waals surface area (Å²) in [5, 5.41) is 6.85. The number of likely N-dealkylation sites (N-methyl/N-ethyl adjacent to an activating group) is 1. The Morgan fingerprint density at radius 2 is 2.36 bits per heavy atom. The van der Waals surface area contributed by atoms with Crippen molar-refractivity contribution >= 4 is 18.2 Å². The SMILES string of the molecule is CCOCCN(C)c1n[nH]c(=S)n1C. The quantitative estimate of drug-likeness (QED) is 0.588. The molecule has 80 valence electrons. The molecule has 6 heteroatoms. The number of nitrogens with zero attached hydrogens (tertiary/aromatic N) is 3. The van der Waals surface area contributed by atoms with Gasteiger partial charge in [-0.2, -0.15) is 0 Å². The molecule has 0 bridgehead atoms. The van der Waals surface area contributed by atoms with E-state index in [9.17, 15) is 0 Å². The Labute approximate surface area is 88.7 Å². The fourth-order valence-corrected chi connectivity index (χ4v) is 1.25. The summed E-state index contributed by atoms with van der Waals surface area (Å²) in [4.78, 5) is 2.00. The zero-order valence-corrected chi connectivity index (χ0v) is 9.60. The molecule has 0 aliphatic carbocycles. The van der Waals surface area contributed by atoms with Crippen LogP contribution in [0.3, 0.4) is 0 Å². The minimum Gasteiger partial charge on any atom is -0.380 e. The molecule has 1 heterocycles. The van der Waals surface area contributed by atoms with E-state index in [1.54, 1.807) is 0 Å². The maximum atomic E-state index is 5.26. The third-order valence-corrected chi connectivity index (χ3v) is 2.34. The van der Waals surface area contributed by atoms with Gasteiger partial charge in [0.15, 0.2) is 4.77 Å². The van der Waals surface area contributed by atoms with Gasteiger partial charge in [0.05, 0.1) is 6.61 Å². The Morgan fingerprint density at radius 3 is 2.86 bits per heavy atom. The van der Waals surface area contributed by atoms with E-state index >= 15 is 0 Å². The molecule has 1 rings (SSSR count). The lowest BCUT2D eigenvalue weighted by Gasteiger charge is -2.16. The smallest absolute Gasteiger partial charge is 0.225 e. The predicted octanol–water partition coefficient (Wildman–Crippen LogP) is 0.950. The molecular formula is C8H16N4OS. The summed E-state index contributed by atoms with van der Waals surface area (Å²) < 4.78 is 7.72. The Kier molecular flexibility index (Phi) is 4.09. The fraction of sp³-hybridized carbons (Fsp3) is 0.750. The first-order chi connectivity index (χ1) is 6.66. The van der Waals surface area contributed by atoms with E-state index in [0.29, 0.717) is 11.4 Å². The minimum atomic E-state index is 0.628. The van der Waals surface area contributed by atoms with E-state index in [1.165, 1.54) is 0 Å². The van der Waals surface area contributed by atoms with Crippen LogP contribution in [0.25, 0.3) is 0 Å². The molecule has 5 nitrogen and oxygen atoms in total. The Hall–Kier alpha value is -0.880. The van der Waals surface area contributed by atoms with Gasteiger partial charge in [-0.1, -0.05) is 0 Å². The minimum absolute atomic E-state index is 0.628. The fourth-order valence-electron chi connectivity index (χ4n) is 1.13. The summed E-state index contributed by atoms with van der Waals surface area (Å²) >= 11 is 5.02. The second-order valence-corrected chi connectivity index (χ2v) is 3.39. The van der Waals surface area contributed by atoms with Crippen molar-refractivity contribution < 1.29 is 4.74 Å². The number of hydrogen-bond acceptors (Lipinski definition) is 4. The lowest BCUT2D eigenvalue weighted by Crippen LogP contribution is -2.25. The first kappa shape index (κ1) is 11.2. The highest BCUT2D eigenvalue weighted by molar-refractivity contribution is 7.71. The van der Waals surface area contributed by atoms with Crippen molar-refractivity contribution in [3.63, 3.8) is 0 Å². The Morgan fingerprint density at radius 1 is 1.64 bits per heavy atom. The number of aromatic nitrogens is 3. The van der Waals surface area contributed by atoms with Crippen molar-refractivity contribution in [3.8, 4) is 0 Å². The highest BCUT2D eigenvalue weighted by Crippen LogP contribution is 2.05. The standard InChI is InChI=1S/C8H16N4OS/c1-4-13-6-5-11(2)7-9-10-8(14)12(7)3/h4-6H2,1-3H3,(H,10,14). The van der Waals surface area contributed by atoms with Gasteiger partial charge in [0.2, 0.25) is 5.95 Å². The summed E-state index contributed by atoms with van der Waals surface area (Å²) in [7, 11) is 3.85. The monoisotopic (exact) mass is 216 g/mol. The van der Waals surface area contributed by atoms with Crippen LogP contribution in [0.5, 0.6) is 0 Å². The summed E-state index contributed by atoms with van der Waals surface area (Å²) in [6, 6.07) is 0. The number of ether oxygens (including phenoxy) is 1. The van der Waals surface area contributed by atoms with Crippen molar-refractivity contribution in [3.05, 3.63) is 4.77 Å². The van der Waals surface area contributed by atoms with Gasteiger partial charge in [-0.05, 0) is 19.1 Å². The van der Waals surface area contributed by atoms with Crippen LogP contribution >= 0.6 is 12.2 Å². The first-order valence-corrected chi connectivity index (χ1v) is 4.98. The molecule has 0 spiro atoms. The molecule has 0 saturated carbocycles. The maximum Gasteiger partial charge on any atom is 0.225 e. The zero-order chi connectivity index (χ0) is 10.6. The van der Waals surface area contributed by atoms with Crippen molar-refractivity contribution in [2.24, 2.45) is 7.05 Å². The molecule has 0 unspecified atom stereocenters. The van der Waals surface area contributed by atoms with Gasteiger partial charge in [-0.25, -0.2) is 5.10 Å². The van der Waals surface area contributed by atoms with Crippen LogP contribution in [0.2, 0.25) is 0 Å². The highest BCUT2D eigenvalue weighted by Gasteiger charge is 2.06. The van der Waals surface area contributed by atoms with Crippen molar-refractivity contribution in [2.45, 2.75) is 6.92 Å². The third kappa shape index (κ3) is 2.55.